The summed E-state index contributed by atoms with van der Waals surface area (Å²) in [5.41, 5.74) is 20.4. The van der Waals surface area contributed by atoms with Gasteiger partial charge >= 0.3 is 6.03 Å². The van der Waals surface area contributed by atoms with E-state index in [-0.39, 0.29) is 25.3 Å². The molecule has 0 fully saturated rings. The van der Waals surface area contributed by atoms with Gasteiger partial charge in [0.15, 0.2) is 5.96 Å². The molecule has 0 radical (unpaired) electrons. The van der Waals surface area contributed by atoms with Crippen molar-refractivity contribution in [3.8, 4) is 0 Å². The Morgan fingerprint density at radius 3 is 2.19 bits per heavy atom. The fourth-order valence-corrected chi connectivity index (χ4v) is 3.50. The van der Waals surface area contributed by atoms with E-state index in [9.17, 15) is 39.6 Å². The summed E-state index contributed by atoms with van der Waals surface area (Å²) in [6.07, 6.45) is -4.70. The minimum absolute atomic E-state index is 0.0592. The third kappa shape index (κ3) is 8.27. The molecule has 1 aliphatic heterocycles. The minimum atomic E-state index is -1.65. The maximum Gasteiger partial charge on any atom is 0.321 e. The number of nitrogens with two attached hydrogens (primary N) is 3. The Balaban J connectivity index is 2.57. The summed E-state index contributed by atoms with van der Waals surface area (Å²) in [7, 11) is 0. The van der Waals surface area contributed by atoms with Crippen molar-refractivity contribution < 1.29 is 45.3 Å². The summed E-state index contributed by atoms with van der Waals surface area (Å²) in [5, 5.41) is 46.7. The molecule has 8 atom stereocenters. The van der Waals surface area contributed by atoms with Crippen LogP contribution in [-0.4, -0.2) is 105 Å². The average Bonchev–Trinajstić information content (AvgIpc) is 3.20. The molecule has 0 bridgehead atoms. The van der Waals surface area contributed by atoms with Gasteiger partial charge in [-0.25, -0.2) is 9.79 Å². The Bertz CT molecular complexity index is 841. The van der Waals surface area contributed by atoms with E-state index < -0.39 is 78.3 Å². The number of amides is 4. The van der Waals surface area contributed by atoms with Crippen LogP contribution in [0.4, 0.5) is 4.79 Å². The molecule has 14 N–H and O–H groups in total. The summed E-state index contributed by atoms with van der Waals surface area (Å²) < 4.78 is 0. The number of nitrogens with one attached hydrogen (secondary N) is 2. The van der Waals surface area contributed by atoms with Gasteiger partial charge in [0.25, 0.3) is 0 Å². The van der Waals surface area contributed by atoms with Crippen molar-refractivity contribution in [3.05, 3.63) is 0 Å². The highest BCUT2D eigenvalue weighted by Gasteiger charge is 2.38. The van der Waals surface area contributed by atoms with Crippen LogP contribution in [-0.2, 0) is 14.4 Å². The van der Waals surface area contributed by atoms with Crippen LogP contribution in [0.1, 0.15) is 33.6 Å². The predicted molar refractivity (Wildman–Crippen MR) is 123 cm³/mol. The lowest BCUT2D eigenvalue weighted by Gasteiger charge is -2.27. The molecule has 206 valence electrons. The molecule has 0 aliphatic carbocycles. The van der Waals surface area contributed by atoms with Gasteiger partial charge in [0.1, 0.15) is 36.4 Å². The molecule has 36 heavy (non-hydrogen) atoms. The topological polar surface area (TPSA) is 297 Å². The van der Waals surface area contributed by atoms with E-state index in [2.05, 4.69) is 21.4 Å². The van der Waals surface area contributed by atoms with Crippen LogP contribution >= 0.6 is 0 Å². The normalized spacial score (nSPS) is 21.5. The van der Waals surface area contributed by atoms with Gasteiger partial charge in [0, 0.05) is 6.42 Å². The number of rotatable bonds is 13. The Morgan fingerprint density at radius 1 is 1.14 bits per heavy atom. The first-order valence-electron chi connectivity index (χ1n) is 11.4. The number of carbonyl (C=O) groups excluding carboxylic acids is 4. The van der Waals surface area contributed by atoms with Gasteiger partial charge in [-0.15, -0.1) is 0 Å². The molecule has 0 spiro atoms. The van der Waals surface area contributed by atoms with E-state index in [1.165, 1.54) is 6.92 Å². The highest BCUT2D eigenvalue weighted by Crippen LogP contribution is 2.17. The van der Waals surface area contributed by atoms with E-state index in [0.717, 1.165) is 4.90 Å². The number of aliphatic hydroxyl groups excluding tert-OH is 3. The Labute approximate surface area is 208 Å². The molecular weight excluding hydrogens is 480 g/mol. The summed E-state index contributed by atoms with van der Waals surface area (Å²) >= 11 is 0. The van der Waals surface area contributed by atoms with Gasteiger partial charge in [0.05, 0.1) is 24.7 Å². The fourth-order valence-electron chi connectivity index (χ4n) is 3.50. The SMILES string of the molecule is CC(C)[C@H](NC(=O)[C@H](C)NC(=O)[C@@H](N)[C@@H]([NH3+])CC[C@@H](O)[C@@H](O)C(O)C1CN(C(N)=O)C(N)=N1)C(=O)[O-]. The quantitative estimate of drug-likeness (QED) is 0.111. The summed E-state index contributed by atoms with van der Waals surface area (Å²) in [4.78, 5) is 51.8. The lowest BCUT2D eigenvalue weighted by molar-refractivity contribution is -0.423. The summed E-state index contributed by atoms with van der Waals surface area (Å²) in [6.45, 7) is 4.36. The van der Waals surface area contributed by atoms with Crippen molar-refractivity contribution >= 4 is 29.8 Å². The van der Waals surface area contributed by atoms with E-state index >= 15 is 0 Å². The van der Waals surface area contributed by atoms with Gasteiger partial charge in [-0.2, -0.15) is 0 Å². The molecule has 1 aliphatic rings. The van der Waals surface area contributed by atoms with E-state index in [0.29, 0.717) is 0 Å². The number of primary amides is 1. The molecule has 1 heterocycles. The molecule has 4 amide bonds. The average molecular weight is 519 g/mol. The first-order chi connectivity index (χ1) is 16.6. The van der Waals surface area contributed by atoms with Gasteiger partial charge in [0.2, 0.25) is 11.8 Å². The lowest BCUT2D eigenvalue weighted by atomic mass is 9.95. The first kappa shape index (κ1) is 31.0. The molecular formula is C20H38N8O8. The number of aliphatic imine (C=N–C) groups is 1. The maximum atomic E-state index is 12.4. The number of carbonyl (C=O) groups is 4. The van der Waals surface area contributed by atoms with Gasteiger partial charge < -0.3 is 58.8 Å². The van der Waals surface area contributed by atoms with E-state index in [4.69, 9.17) is 17.2 Å². The van der Waals surface area contributed by atoms with Crippen LogP contribution < -0.4 is 38.7 Å². The number of nitrogens with zero attached hydrogens (tertiary/aromatic N) is 2. The Kier molecular flexibility index (Phi) is 11.5. The van der Waals surface area contributed by atoms with Crippen molar-refractivity contribution in [3.63, 3.8) is 0 Å². The van der Waals surface area contributed by atoms with Crippen molar-refractivity contribution in [2.24, 2.45) is 28.1 Å². The second-order valence-corrected chi connectivity index (χ2v) is 9.19. The lowest BCUT2D eigenvalue weighted by Crippen LogP contribution is -2.72. The van der Waals surface area contributed by atoms with Gasteiger partial charge in [-0.1, -0.05) is 13.8 Å². The summed E-state index contributed by atoms with van der Waals surface area (Å²) in [6, 6.07) is -6.15. The molecule has 2 unspecified atom stereocenters. The largest absolute Gasteiger partial charge is 0.548 e. The third-order valence-electron chi connectivity index (χ3n) is 5.96. The van der Waals surface area contributed by atoms with Crippen LogP contribution in [0.2, 0.25) is 0 Å². The van der Waals surface area contributed by atoms with Crippen LogP contribution in [0.25, 0.3) is 0 Å². The number of guanidine groups is 1. The number of urea groups is 1. The van der Waals surface area contributed by atoms with Gasteiger partial charge in [-0.3, -0.25) is 14.5 Å². The predicted octanol–water partition coefficient (Wildman–Crippen LogP) is -6.74. The zero-order valence-corrected chi connectivity index (χ0v) is 20.5. The zero-order chi connectivity index (χ0) is 27.9. The molecule has 0 aromatic carbocycles. The van der Waals surface area contributed by atoms with Crippen molar-refractivity contribution in [2.75, 3.05) is 6.54 Å². The van der Waals surface area contributed by atoms with Crippen LogP contribution in [0, 0.1) is 5.92 Å². The number of hydrogen-bond acceptors (Lipinski definition) is 11. The number of aliphatic carboxylic acids is 1. The second-order valence-electron chi connectivity index (χ2n) is 9.19. The molecule has 16 nitrogen and oxygen atoms in total. The maximum absolute atomic E-state index is 12.4. The standard InChI is InChI=1S/C20H38N8O8/c1-7(2)13(18(34)35)27-16(32)8(3)25-17(33)12(22)9(21)4-5-11(29)15(31)14(30)10-6-28(20(24)36)19(23)26-10/h7-15,29-31H,4-6,21-22H2,1-3H3,(H2,23,26)(H2,24,36)(H,25,33)(H,27,32)(H,34,35)/t8-,9-,10?,11+,12-,13-,14?,15+/m0/s1. The number of hydrogen-bond donors (Lipinski definition) is 9. The van der Waals surface area contributed by atoms with Crippen molar-refractivity contribution in [1.29, 1.82) is 0 Å². The molecule has 0 aromatic heterocycles. The van der Waals surface area contributed by atoms with Gasteiger partial charge in [-0.05, 0) is 19.3 Å². The molecule has 0 saturated carbocycles. The van der Waals surface area contributed by atoms with Crippen LogP contribution in [0.15, 0.2) is 4.99 Å². The highest BCUT2D eigenvalue weighted by molar-refractivity contribution is 5.96. The first-order valence-corrected chi connectivity index (χ1v) is 11.4. The smallest absolute Gasteiger partial charge is 0.321 e. The van der Waals surface area contributed by atoms with Crippen molar-refractivity contribution in [1.82, 2.24) is 15.5 Å². The number of carboxylic acid groups (broad SMARTS) is 1. The minimum Gasteiger partial charge on any atom is -0.548 e. The number of aliphatic hydroxyl groups is 3. The fraction of sp³-hybridized carbons (Fsp3) is 0.750. The molecule has 0 saturated heterocycles. The zero-order valence-electron chi connectivity index (χ0n) is 20.5. The third-order valence-corrected chi connectivity index (χ3v) is 5.96. The molecule has 16 heteroatoms. The molecule has 1 rings (SSSR count). The highest BCUT2D eigenvalue weighted by atomic mass is 16.4. The number of quaternary nitrogens is 1. The Morgan fingerprint density at radius 2 is 1.72 bits per heavy atom. The van der Waals surface area contributed by atoms with E-state index in [1.54, 1.807) is 13.8 Å². The second kappa shape index (κ2) is 13.3. The monoisotopic (exact) mass is 518 g/mol. The van der Waals surface area contributed by atoms with Crippen molar-refractivity contribution in [2.45, 2.75) is 82.1 Å². The van der Waals surface area contributed by atoms with E-state index in [1.807, 2.05) is 0 Å². The molecule has 0 aromatic rings. The summed E-state index contributed by atoms with van der Waals surface area (Å²) in [5.74, 6) is -3.58. The Hall–Kier alpha value is -3.05. The van der Waals surface area contributed by atoms with Crippen LogP contribution in [0.3, 0.4) is 0 Å². The van der Waals surface area contributed by atoms with Crippen LogP contribution in [0.5, 0.6) is 0 Å². The number of carboxylic acids is 1.